The molecule has 0 fully saturated rings. The third kappa shape index (κ3) is 4.76. The summed E-state index contributed by atoms with van der Waals surface area (Å²) >= 11 is 0. The molecular formula is C30H27FO3. The zero-order valence-corrected chi connectivity index (χ0v) is 19.2. The minimum Gasteiger partial charge on any atom is -0.508 e. The standard InChI is InChI=1S/C30H27FO3/c1-20-16-28(32)26-8-5-9-27(26)30(20)34-25-14-15-29(33-19-22-6-3-2-4-7-22)23(18-25)17-21-10-12-24(31)13-11-21/h2-4,6-7,10-16,18,32H,5,8-9,17,19H2,1H3. The van der Waals surface area contributed by atoms with Crippen molar-refractivity contribution < 1.29 is 19.0 Å². The Morgan fingerprint density at radius 3 is 2.41 bits per heavy atom. The molecule has 34 heavy (non-hydrogen) atoms. The SMILES string of the molecule is Cc1cc(O)c2c(c1Oc1ccc(OCc3ccccc3)c(Cc3ccc(F)cc3)c1)CCC2. The van der Waals surface area contributed by atoms with E-state index in [-0.39, 0.29) is 5.82 Å². The summed E-state index contributed by atoms with van der Waals surface area (Å²) in [6.45, 7) is 2.42. The van der Waals surface area contributed by atoms with E-state index < -0.39 is 0 Å². The van der Waals surface area contributed by atoms with Gasteiger partial charge in [-0.15, -0.1) is 0 Å². The van der Waals surface area contributed by atoms with E-state index in [1.807, 2.05) is 55.5 Å². The molecule has 0 heterocycles. The number of hydrogen-bond acceptors (Lipinski definition) is 3. The number of hydrogen-bond donors (Lipinski definition) is 1. The van der Waals surface area contributed by atoms with Crippen LogP contribution in [0, 0.1) is 12.7 Å². The van der Waals surface area contributed by atoms with Crippen LogP contribution in [-0.4, -0.2) is 5.11 Å². The van der Waals surface area contributed by atoms with Crippen LogP contribution in [-0.2, 0) is 25.9 Å². The monoisotopic (exact) mass is 454 g/mol. The van der Waals surface area contributed by atoms with Gasteiger partial charge in [-0.3, -0.25) is 0 Å². The number of aromatic hydroxyl groups is 1. The number of rotatable bonds is 7. The van der Waals surface area contributed by atoms with Crippen molar-refractivity contribution in [1.29, 1.82) is 0 Å². The Morgan fingerprint density at radius 2 is 1.62 bits per heavy atom. The topological polar surface area (TPSA) is 38.7 Å². The zero-order valence-electron chi connectivity index (χ0n) is 19.2. The van der Waals surface area contributed by atoms with E-state index >= 15 is 0 Å². The van der Waals surface area contributed by atoms with Crippen LogP contribution < -0.4 is 9.47 Å². The van der Waals surface area contributed by atoms with Gasteiger partial charge < -0.3 is 14.6 Å². The Balaban J connectivity index is 1.46. The largest absolute Gasteiger partial charge is 0.508 e. The summed E-state index contributed by atoms with van der Waals surface area (Å²) in [5.41, 5.74) is 6.06. The highest BCUT2D eigenvalue weighted by Crippen LogP contribution is 2.41. The molecule has 3 nitrogen and oxygen atoms in total. The molecule has 4 heteroatoms. The Morgan fingerprint density at radius 1 is 0.853 bits per heavy atom. The molecule has 4 aromatic rings. The first-order chi connectivity index (χ1) is 16.6. The first kappa shape index (κ1) is 22.0. The molecule has 0 unspecified atom stereocenters. The Hall–Kier alpha value is -3.79. The molecule has 1 aliphatic rings. The maximum atomic E-state index is 13.4. The Kier molecular flexibility index (Phi) is 6.22. The van der Waals surface area contributed by atoms with Crippen LogP contribution in [0.15, 0.2) is 78.9 Å². The Bertz CT molecular complexity index is 1300. The predicted octanol–water partition coefficient (Wildman–Crippen LogP) is 7.29. The number of aryl methyl sites for hydroxylation is 1. The number of phenols is 1. The van der Waals surface area contributed by atoms with Gasteiger partial charge >= 0.3 is 0 Å². The number of benzene rings is 4. The molecule has 0 saturated heterocycles. The number of fused-ring (bicyclic) bond motifs is 1. The fourth-order valence-electron chi connectivity index (χ4n) is 4.59. The zero-order chi connectivity index (χ0) is 23.5. The third-order valence-corrected chi connectivity index (χ3v) is 6.31. The van der Waals surface area contributed by atoms with E-state index in [9.17, 15) is 9.50 Å². The molecular weight excluding hydrogens is 427 g/mol. The smallest absolute Gasteiger partial charge is 0.134 e. The summed E-state index contributed by atoms with van der Waals surface area (Å²) < 4.78 is 26.0. The van der Waals surface area contributed by atoms with Crippen LogP contribution in [0.3, 0.4) is 0 Å². The van der Waals surface area contributed by atoms with Gasteiger partial charge in [0.05, 0.1) is 0 Å². The van der Waals surface area contributed by atoms with E-state index in [0.717, 1.165) is 64.1 Å². The highest BCUT2D eigenvalue weighted by molar-refractivity contribution is 5.56. The number of ether oxygens (including phenoxy) is 2. The Labute approximate surface area is 199 Å². The first-order valence-electron chi connectivity index (χ1n) is 11.6. The van der Waals surface area contributed by atoms with Crippen LogP contribution in [0.1, 0.15) is 39.8 Å². The van der Waals surface area contributed by atoms with E-state index in [1.165, 1.54) is 12.1 Å². The quantitative estimate of drug-likeness (QED) is 0.319. The molecule has 1 N–H and O–H groups in total. The highest BCUT2D eigenvalue weighted by Gasteiger charge is 2.22. The van der Waals surface area contributed by atoms with Gasteiger partial charge in [0.1, 0.15) is 35.4 Å². The van der Waals surface area contributed by atoms with Gasteiger partial charge in [-0.05, 0) is 79.3 Å². The summed E-state index contributed by atoms with van der Waals surface area (Å²) in [5, 5.41) is 10.3. The highest BCUT2D eigenvalue weighted by atomic mass is 19.1. The van der Waals surface area contributed by atoms with Crippen molar-refractivity contribution in [1.82, 2.24) is 0 Å². The second-order valence-corrected chi connectivity index (χ2v) is 8.80. The second-order valence-electron chi connectivity index (χ2n) is 8.80. The number of halogens is 1. The summed E-state index contributed by atoms with van der Waals surface area (Å²) in [6.07, 6.45) is 3.39. The van der Waals surface area contributed by atoms with Crippen molar-refractivity contribution in [2.24, 2.45) is 0 Å². The fourth-order valence-corrected chi connectivity index (χ4v) is 4.59. The molecule has 0 bridgehead atoms. The fraction of sp³-hybridized carbons (Fsp3) is 0.200. The van der Waals surface area contributed by atoms with Gasteiger partial charge in [0.2, 0.25) is 0 Å². The molecule has 0 spiro atoms. The predicted molar refractivity (Wildman–Crippen MR) is 131 cm³/mol. The van der Waals surface area contributed by atoms with Crippen molar-refractivity contribution in [2.45, 2.75) is 39.2 Å². The molecule has 0 radical (unpaired) electrons. The van der Waals surface area contributed by atoms with Crippen molar-refractivity contribution >= 4 is 0 Å². The van der Waals surface area contributed by atoms with Crippen LogP contribution in [0.5, 0.6) is 23.0 Å². The van der Waals surface area contributed by atoms with Crippen molar-refractivity contribution in [3.05, 3.63) is 118 Å². The summed E-state index contributed by atoms with van der Waals surface area (Å²) in [6, 6.07) is 24.2. The summed E-state index contributed by atoms with van der Waals surface area (Å²) in [4.78, 5) is 0. The molecule has 0 saturated carbocycles. The second kappa shape index (κ2) is 9.60. The third-order valence-electron chi connectivity index (χ3n) is 6.31. The molecule has 4 aromatic carbocycles. The van der Waals surface area contributed by atoms with Gasteiger partial charge in [-0.2, -0.15) is 0 Å². The van der Waals surface area contributed by atoms with Crippen LogP contribution in [0.4, 0.5) is 4.39 Å². The number of phenolic OH excluding ortho intramolecular Hbond substituents is 1. The van der Waals surface area contributed by atoms with Crippen molar-refractivity contribution in [3.8, 4) is 23.0 Å². The minimum atomic E-state index is -0.252. The molecule has 5 rings (SSSR count). The lowest BCUT2D eigenvalue weighted by atomic mass is 10.0. The molecule has 0 atom stereocenters. The molecule has 0 amide bonds. The van der Waals surface area contributed by atoms with Crippen LogP contribution >= 0.6 is 0 Å². The summed E-state index contributed by atoms with van der Waals surface area (Å²) in [5.74, 6) is 2.42. The van der Waals surface area contributed by atoms with E-state index in [2.05, 4.69) is 0 Å². The maximum Gasteiger partial charge on any atom is 0.134 e. The lowest BCUT2D eigenvalue weighted by Gasteiger charge is -2.17. The van der Waals surface area contributed by atoms with Crippen LogP contribution in [0.25, 0.3) is 0 Å². The van der Waals surface area contributed by atoms with E-state index in [4.69, 9.17) is 9.47 Å². The molecule has 172 valence electrons. The summed E-state index contributed by atoms with van der Waals surface area (Å²) in [7, 11) is 0. The van der Waals surface area contributed by atoms with Gasteiger partial charge in [-0.1, -0.05) is 42.5 Å². The normalized spacial score (nSPS) is 12.4. The van der Waals surface area contributed by atoms with E-state index in [0.29, 0.717) is 24.5 Å². The molecule has 1 aliphatic carbocycles. The van der Waals surface area contributed by atoms with Gasteiger partial charge in [0, 0.05) is 23.1 Å². The average molecular weight is 455 g/mol. The minimum absolute atomic E-state index is 0.252. The maximum absolute atomic E-state index is 13.4. The average Bonchev–Trinajstić information content (AvgIpc) is 3.34. The van der Waals surface area contributed by atoms with Gasteiger partial charge in [-0.25, -0.2) is 4.39 Å². The van der Waals surface area contributed by atoms with E-state index in [1.54, 1.807) is 18.2 Å². The van der Waals surface area contributed by atoms with Gasteiger partial charge in [0.25, 0.3) is 0 Å². The lowest BCUT2D eigenvalue weighted by molar-refractivity contribution is 0.303. The van der Waals surface area contributed by atoms with Crippen LogP contribution in [0.2, 0.25) is 0 Å². The molecule has 0 aromatic heterocycles. The van der Waals surface area contributed by atoms with Crippen molar-refractivity contribution in [3.63, 3.8) is 0 Å². The van der Waals surface area contributed by atoms with Gasteiger partial charge in [0.15, 0.2) is 0 Å². The first-order valence-corrected chi connectivity index (χ1v) is 11.6. The lowest BCUT2D eigenvalue weighted by Crippen LogP contribution is -2.01. The van der Waals surface area contributed by atoms with Crippen molar-refractivity contribution in [2.75, 3.05) is 0 Å². The molecule has 0 aliphatic heterocycles.